The lowest BCUT2D eigenvalue weighted by Gasteiger charge is -2.13. The van der Waals surface area contributed by atoms with Gasteiger partial charge in [0.15, 0.2) is 0 Å². The number of aryl methyl sites for hydroxylation is 2. The van der Waals surface area contributed by atoms with E-state index in [2.05, 4.69) is 41.9 Å². The Hall–Kier alpha value is -2.92. The molecule has 0 aliphatic carbocycles. The van der Waals surface area contributed by atoms with Gasteiger partial charge in [-0.25, -0.2) is 9.18 Å². The highest BCUT2D eigenvalue weighted by atomic mass is 19.1. The van der Waals surface area contributed by atoms with Crippen molar-refractivity contribution in [1.82, 2.24) is 9.88 Å². The number of benzene rings is 2. The van der Waals surface area contributed by atoms with Gasteiger partial charge in [-0.2, -0.15) is 0 Å². The Labute approximate surface area is 171 Å². The Kier molecular flexibility index (Phi) is 6.18. The first-order chi connectivity index (χ1) is 13.8. The molecule has 2 N–H and O–H groups in total. The van der Waals surface area contributed by atoms with Crippen LogP contribution in [0.1, 0.15) is 49.6 Å². The molecule has 0 amide bonds. The number of carboxylic acid groups (broad SMARTS) is 1. The maximum Gasteiger partial charge on any atom is 0.337 e. The van der Waals surface area contributed by atoms with Gasteiger partial charge in [-0.3, -0.25) is 0 Å². The molecule has 0 saturated heterocycles. The summed E-state index contributed by atoms with van der Waals surface area (Å²) < 4.78 is 15.4. The molecule has 0 spiro atoms. The average Bonchev–Trinajstić information content (AvgIpc) is 2.89. The second-order valence-electron chi connectivity index (χ2n) is 7.58. The molecule has 1 aromatic heterocycles. The van der Waals surface area contributed by atoms with Crippen LogP contribution >= 0.6 is 0 Å². The van der Waals surface area contributed by atoms with Crippen LogP contribution in [0.15, 0.2) is 42.5 Å². The Morgan fingerprint density at radius 3 is 2.48 bits per heavy atom. The fourth-order valence-electron chi connectivity index (χ4n) is 3.81. The lowest BCUT2D eigenvalue weighted by atomic mass is 10.1. The Morgan fingerprint density at radius 2 is 1.79 bits per heavy atom. The summed E-state index contributed by atoms with van der Waals surface area (Å²) in [5.41, 5.74) is 7.19. The molecule has 152 valence electrons. The monoisotopic (exact) mass is 394 g/mol. The molecule has 1 heterocycles. The quantitative estimate of drug-likeness (QED) is 0.599. The number of hydrogen-bond donors (Lipinski definition) is 2. The van der Waals surface area contributed by atoms with Crippen molar-refractivity contribution >= 4 is 5.97 Å². The first kappa shape index (κ1) is 20.8. The van der Waals surface area contributed by atoms with Crippen molar-refractivity contribution in [3.05, 3.63) is 93.1 Å². The van der Waals surface area contributed by atoms with E-state index in [1.165, 1.54) is 28.8 Å². The third-order valence-corrected chi connectivity index (χ3v) is 5.48. The van der Waals surface area contributed by atoms with Crippen LogP contribution < -0.4 is 5.32 Å². The minimum atomic E-state index is -0.923. The zero-order chi connectivity index (χ0) is 21.1. The largest absolute Gasteiger partial charge is 0.478 e. The van der Waals surface area contributed by atoms with Gasteiger partial charge in [0, 0.05) is 36.6 Å². The van der Waals surface area contributed by atoms with Crippen molar-refractivity contribution in [3.8, 4) is 0 Å². The summed E-state index contributed by atoms with van der Waals surface area (Å²) in [5, 5.41) is 13.1. The van der Waals surface area contributed by atoms with E-state index in [1.54, 1.807) is 6.07 Å². The minimum absolute atomic E-state index is 0.276. The molecular weight excluding hydrogens is 367 g/mol. The van der Waals surface area contributed by atoms with Crippen LogP contribution in [0.25, 0.3) is 0 Å². The number of nitrogens with zero attached hydrogens (tertiary/aromatic N) is 1. The van der Waals surface area contributed by atoms with Gasteiger partial charge < -0.3 is 15.0 Å². The number of hydrogen-bond acceptors (Lipinski definition) is 2. The van der Waals surface area contributed by atoms with E-state index in [0.29, 0.717) is 25.2 Å². The fourth-order valence-corrected chi connectivity index (χ4v) is 3.81. The zero-order valence-electron chi connectivity index (χ0n) is 17.3. The van der Waals surface area contributed by atoms with Crippen molar-refractivity contribution in [1.29, 1.82) is 0 Å². The molecule has 3 aromatic rings. The van der Waals surface area contributed by atoms with E-state index in [4.69, 9.17) is 0 Å². The molecule has 4 nitrogen and oxygen atoms in total. The predicted octanol–water partition coefficient (Wildman–Crippen LogP) is 4.90. The molecule has 29 heavy (non-hydrogen) atoms. The van der Waals surface area contributed by atoms with Crippen LogP contribution in [-0.2, 0) is 19.6 Å². The highest BCUT2D eigenvalue weighted by Crippen LogP contribution is 2.25. The number of carbonyl (C=O) groups is 1. The summed E-state index contributed by atoms with van der Waals surface area (Å²) in [5.74, 6) is -1.20. The summed E-state index contributed by atoms with van der Waals surface area (Å²) in [6, 6.07) is 12.7. The van der Waals surface area contributed by atoms with Gasteiger partial charge in [-0.05, 0) is 56.5 Å². The predicted molar refractivity (Wildman–Crippen MR) is 113 cm³/mol. The lowest BCUT2D eigenvalue weighted by molar-refractivity contribution is 0.0694. The summed E-state index contributed by atoms with van der Waals surface area (Å²) >= 11 is 0. The summed E-state index contributed by atoms with van der Waals surface area (Å²) in [4.78, 5) is 12.0. The third kappa shape index (κ3) is 4.57. The number of carboxylic acids is 1. The number of halogens is 1. The Bertz CT molecular complexity index is 1050. The van der Waals surface area contributed by atoms with Crippen LogP contribution in [0.2, 0.25) is 0 Å². The normalized spacial score (nSPS) is 11.1. The molecule has 0 unspecified atom stereocenters. The van der Waals surface area contributed by atoms with Crippen molar-refractivity contribution in [2.24, 2.45) is 0 Å². The van der Waals surface area contributed by atoms with Gasteiger partial charge in [0.25, 0.3) is 0 Å². The Morgan fingerprint density at radius 1 is 1.03 bits per heavy atom. The number of nitrogens with one attached hydrogen (secondary N) is 1. The molecule has 0 fully saturated rings. The molecule has 5 heteroatoms. The smallest absolute Gasteiger partial charge is 0.337 e. The van der Waals surface area contributed by atoms with E-state index >= 15 is 0 Å². The van der Waals surface area contributed by atoms with Crippen LogP contribution in [-0.4, -0.2) is 15.6 Å². The summed E-state index contributed by atoms with van der Waals surface area (Å²) in [7, 11) is 0. The topological polar surface area (TPSA) is 54.3 Å². The molecule has 3 rings (SSSR count). The van der Waals surface area contributed by atoms with Crippen LogP contribution in [0.5, 0.6) is 0 Å². The molecule has 2 aromatic carbocycles. The van der Waals surface area contributed by atoms with Gasteiger partial charge in [-0.1, -0.05) is 35.9 Å². The van der Waals surface area contributed by atoms with Gasteiger partial charge in [-0.15, -0.1) is 0 Å². The van der Waals surface area contributed by atoms with E-state index < -0.39 is 5.97 Å². The van der Waals surface area contributed by atoms with Crippen molar-refractivity contribution < 1.29 is 14.3 Å². The first-order valence-corrected chi connectivity index (χ1v) is 9.71. The summed E-state index contributed by atoms with van der Waals surface area (Å²) in [6.07, 6.45) is 0. The van der Waals surface area contributed by atoms with Crippen LogP contribution in [0.4, 0.5) is 4.39 Å². The SMILES string of the molecule is Cc1ccc(C)c(Cn2c(C)c(CNCc3cccc(F)c3)c(C(=O)O)c2C)c1. The van der Waals surface area contributed by atoms with Gasteiger partial charge in [0.2, 0.25) is 0 Å². The molecule has 0 radical (unpaired) electrons. The second kappa shape index (κ2) is 8.62. The molecule has 0 aliphatic rings. The highest BCUT2D eigenvalue weighted by molar-refractivity contribution is 5.91. The number of aromatic carboxylic acids is 1. The molecule has 0 aliphatic heterocycles. The maximum absolute atomic E-state index is 13.4. The zero-order valence-corrected chi connectivity index (χ0v) is 17.3. The van der Waals surface area contributed by atoms with Crippen molar-refractivity contribution in [3.63, 3.8) is 0 Å². The molecule has 0 atom stereocenters. The first-order valence-electron chi connectivity index (χ1n) is 9.71. The van der Waals surface area contributed by atoms with Crippen LogP contribution in [0, 0.1) is 33.5 Å². The van der Waals surface area contributed by atoms with Gasteiger partial charge >= 0.3 is 5.97 Å². The third-order valence-electron chi connectivity index (χ3n) is 5.48. The standard InChI is InChI=1S/C24H27FN2O2/c1-15-8-9-16(2)20(10-15)14-27-17(3)22(23(18(27)4)24(28)29)13-26-12-19-6-5-7-21(25)11-19/h5-11,26H,12-14H2,1-4H3,(H,28,29). The van der Waals surface area contributed by atoms with E-state index in [9.17, 15) is 14.3 Å². The van der Waals surface area contributed by atoms with Crippen LogP contribution in [0.3, 0.4) is 0 Å². The minimum Gasteiger partial charge on any atom is -0.478 e. The van der Waals surface area contributed by atoms with Crippen molar-refractivity contribution in [2.45, 2.75) is 47.3 Å². The Balaban J connectivity index is 1.87. The molecule has 0 saturated carbocycles. The fraction of sp³-hybridized carbons (Fsp3) is 0.292. The number of aromatic nitrogens is 1. The van der Waals surface area contributed by atoms with Gasteiger partial charge in [0.05, 0.1) is 5.56 Å². The maximum atomic E-state index is 13.4. The second-order valence-corrected chi connectivity index (χ2v) is 7.58. The van der Waals surface area contributed by atoms with E-state index in [1.807, 2.05) is 19.9 Å². The molecule has 0 bridgehead atoms. The summed E-state index contributed by atoms with van der Waals surface area (Å²) in [6.45, 7) is 9.46. The molecular formula is C24H27FN2O2. The number of rotatable bonds is 7. The lowest BCUT2D eigenvalue weighted by Crippen LogP contribution is -2.15. The van der Waals surface area contributed by atoms with Gasteiger partial charge in [0.1, 0.15) is 5.82 Å². The van der Waals surface area contributed by atoms with Crippen molar-refractivity contribution in [2.75, 3.05) is 0 Å². The average molecular weight is 394 g/mol. The highest BCUT2D eigenvalue weighted by Gasteiger charge is 2.22. The van der Waals surface area contributed by atoms with E-state index in [-0.39, 0.29) is 5.82 Å². The van der Waals surface area contributed by atoms with E-state index in [0.717, 1.165) is 22.5 Å².